The number of likely N-dealkylation sites (tertiary alicyclic amines) is 1. The van der Waals surface area contributed by atoms with E-state index >= 15 is 0 Å². The molecule has 2 aromatic carbocycles. The van der Waals surface area contributed by atoms with Gasteiger partial charge in [-0.1, -0.05) is 67.4 Å². The number of aliphatic hydroxyl groups is 2. The molecule has 1 amide bonds. The van der Waals surface area contributed by atoms with Gasteiger partial charge in [-0.15, -0.1) is 6.58 Å². The third kappa shape index (κ3) is 6.29. The number of allylic oxidation sites excluding steroid dienone is 1. The number of unbranched alkanes of at least 4 members (excludes halogenated alkanes) is 1. The third-order valence-corrected chi connectivity index (χ3v) is 7.80. The minimum absolute atomic E-state index is 0.0312. The molecule has 2 N–H and O–H groups in total. The van der Waals surface area contributed by atoms with Crippen LogP contribution in [0, 0.1) is 5.41 Å². The molecule has 35 heavy (non-hydrogen) atoms. The Morgan fingerprint density at radius 1 is 1.14 bits per heavy atom. The lowest BCUT2D eigenvalue weighted by Crippen LogP contribution is -2.58. The van der Waals surface area contributed by atoms with Crippen molar-refractivity contribution < 1.29 is 15.0 Å². The maximum Gasteiger partial charge on any atom is 0.229 e. The van der Waals surface area contributed by atoms with Crippen molar-refractivity contribution in [3.8, 4) is 0 Å². The second-order valence-corrected chi connectivity index (χ2v) is 10.8. The molecule has 0 spiro atoms. The van der Waals surface area contributed by atoms with Gasteiger partial charge in [0.15, 0.2) is 0 Å². The number of benzene rings is 2. The normalized spacial score (nSPS) is 24.3. The lowest BCUT2D eigenvalue weighted by atomic mass is 9.66. The lowest BCUT2D eigenvalue weighted by molar-refractivity contribution is -0.158. The Morgan fingerprint density at radius 3 is 2.46 bits per heavy atom. The SMILES string of the molecule is C=CCC1(C)CC(c2cccc(Cl)c2)C(c2ccc(Cl)cc2)N(C(CC)C(O)CCCCO)C1=O. The number of halogens is 2. The fraction of sp³-hybridized carbons (Fsp3) is 0.483. The summed E-state index contributed by atoms with van der Waals surface area (Å²) in [7, 11) is 0. The second-order valence-electron chi connectivity index (χ2n) is 9.89. The summed E-state index contributed by atoms with van der Waals surface area (Å²) >= 11 is 12.6. The van der Waals surface area contributed by atoms with Crippen LogP contribution in [-0.2, 0) is 4.79 Å². The van der Waals surface area contributed by atoms with E-state index in [-0.39, 0.29) is 30.5 Å². The van der Waals surface area contributed by atoms with Crippen LogP contribution in [0.25, 0.3) is 0 Å². The van der Waals surface area contributed by atoms with Gasteiger partial charge in [0.25, 0.3) is 0 Å². The quantitative estimate of drug-likeness (QED) is 0.250. The Kier molecular flexibility index (Phi) is 9.83. The van der Waals surface area contributed by atoms with Crippen molar-refractivity contribution in [2.75, 3.05) is 6.61 Å². The van der Waals surface area contributed by atoms with E-state index in [0.717, 1.165) is 11.1 Å². The van der Waals surface area contributed by atoms with Crippen LogP contribution in [0.5, 0.6) is 0 Å². The number of hydrogen-bond acceptors (Lipinski definition) is 3. The Balaban J connectivity index is 2.17. The molecule has 1 aliphatic heterocycles. The molecule has 1 aliphatic rings. The largest absolute Gasteiger partial charge is 0.396 e. The number of rotatable bonds is 11. The molecule has 6 heteroatoms. The van der Waals surface area contributed by atoms with Gasteiger partial charge in [0, 0.05) is 22.6 Å². The second kappa shape index (κ2) is 12.4. The number of carbonyl (C=O) groups excluding carboxylic acids is 1. The predicted octanol–water partition coefficient (Wildman–Crippen LogP) is 6.94. The van der Waals surface area contributed by atoms with Crippen LogP contribution in [0.15, 0.2) is 61.2 Å². The molecule has 1 heterocycles. The Morgan fingerprint density at radius 2 is 1.86 bits per heavy atom. The lowest BCUT2D eigenvalue weighted by Gasteiger charge is -2.53. The van der Waals surface area contributed by atoms with Crippen LogP contribution in [0.3, 0.4) is 0 Å². The number of nitrogens with zero attached hydrogens (tertiary/aromatic N) is 1. The zero-order chi connectivity index (χ0) is 25.6. The summed E-state index contributed by atoms with van der Waals surface area (Å²) in [6.45, 7) is 8.04. The van der Waals surface area contributed by atoms with Crippen LogP contribution in [-0.4, -0.2) is 39.8 Å². The van der Waals surface area contributed by atoms with Gasteiger partial charge in [-0.3, -0.25) is 4.79 Å². The van der Waals surface area contributed by atoms with E-state index < -0.39 is 11.5 Å². The van der Waals surface area contributed by atoms with Crippen LogP contribution >= 0.6 is 23.2 Å². The Hall–Kier alpha value is -1.85. The van der Waals surface area contributed by atoms with Gasteiger partial charge in [-0.25, -0.2) is 0 Å². The van der Waals surface area contributed by atoms with Gasteiger partial charge in [-0.2, -0.15) is 0 Å². The molecule has 4 nitrogen and oxygen atoms in total. The first-order valence-corrected chi connectivity index (χ1v) is 13.2. The number of hydrogen-bond donors (Lipinski definition) is 2. The van der Waals surface area contributed by atoms with E-state index in [9.17, 15) is 15.0 Å². The molecule has 1 saturated heterocycles. The maximum atomic E-state index is 14.2. The highest BCUT2D eigenvalue weighted by Gasteiger charge is 2.51. The average molecular weight is 519 g/mol. The fourth-order valence-electron chi connectivity index (χ4n) is 5.56. The minimum Gasteiger partial charge on any atom is -0.396 e. The number of aliphatic hydroxyl groups excluding tert-OH is 2. The van der Waals surface area contributed by atoms with Crippen molar-refractivity contribution in [1.82, 2.24) is 4.90 Å². The molecule has 0 aromatic heterocycles. The molecule has 3 rings (SSSR count). The Bertz CT molecular complexity index is 996. The zero-order valence-electron chi connectivity index (χ0n) is 20.7. The first-order chi connectivity index (χ1) is 16.8. The first kappa shape index (κ1) is 27.7. The van der Waals surface area contributed by atoms with E-state index in [2.05, 4.69) is 12.6 Å². The van der Waals surface area contributed by atoms with Gasteiger partial charge in [0.05, 0.1) is 23.6 Å². The van der Waals surface area contributed by atoms with E-state index in [1.165, 1.54) is 0 Å². The molecule has 190 valence electrons. The number of carbonyl (C=O) groups is 1. The van der Waals surface area contributed by atoms with Crippen molar-refractivity contribution in [1.29, 1.82) is 0 Å². The Labute approximate surface area is 219 Å². The number of amides is 1. The summed E-state index contributed by atoms with van der Waals surface area (Å²) < 4.78 is 0. The van der Waals surface area contributed by atoms with Gasteiger partial charge in [-0.05, 0) is 73.9 Å². The van der Waals surface area contributed by atoms with Crippen molar-refractivity contribution in [2.24, 2.45) is 5.41 Å². The van der Waals surface area contributed by atoms with Gasteiger partial charge in [0.2, 0.25) is 5.91 Å². The topological polar surface area (TPSA) is 60.8 Å². The third-order valence-electron chi connectivity index (χ3n) is 7.31. The summed E-state index contributed by atoms with van der Waals surface area (Å²) in [4.78, 5) is 16.2. The van der Waals surface area contributed by atoms with E-state index in [4.69, 9.17) is 23.2 Å². The molecule has 0 aliphatic carbocycles. The van der Waals surface area contributed by atoms with Crippen molar-refractivity contribution in [3.05, 3.63) is 82.4 Å². The van der Waals surface area contributed by atoms with Crippen molar-refractivity contribution >= 4 is 29.1 Å². The number of piperidine rings is 1. The van der Waals surface area contributed by atoms with Crippen LogP contribution in [0.4, 0.5) is 0 Å². The van der Waals surface area contributed by atoms with E-state index in [1.807, 2.05) is 67.3 Å². The van der Waals surface area contributed by atoms with Gasteiger partial charge < -0.3 is 15.1 Å². The summed E-state index contributed by atoms with van der Waals surface area (Å²) in [6.07, 6.45) is 4.76. The van der Waals surface area contributed by atoms with Crippen LogP contribution in [0.1, 0.15) is 75.5 Å². The molecule has 0 saturated carbocycles. The molecular weight excluding hydrogens is 481 g/mol. The molecule has 0 radical (unpaired) electrons. The standard InChI is InChI=1S/C29H37Cl2NO3/c1-4-16-29(3)19-24(21-9-8-10-23(31)18-21)27(20-12-14-22(30)15-13-20)32(28(29)35)25(5-2)26(34)11-6-7-17-33/h4,8-10,12-15,18,24-27,33-34H,1,5-7,11,16-17,19H2,2-3H3. The van der Waals surface area contributed by atoms with Crippen LogP contribution < -0.4 is 0 Å². The molecule has 5 atom stereocenters. The molecule has 1 fully saturated rings. The molecule has 5 unspecified atom stereocenters. The first-order valence-electron chi connectivity index (χ1n) is 12.5. The molecular formula is C29H37Cl2NO3. The van der Waals surface area contributed by atoms with Crippen molar-refractivity contribution in [3.63, 3.8) is 0 Å². The molecule has 2 aromatic rings. The fourth-order valence-corrected chi connectivity index (χ4v) is 5.89. The van der Waals surface area contributed by atoms with E-state index in [1.54, 1.807) is 0 Å². The smallest absolute Gasteiger partial charge is 0.229 e. The van der Waals surface area contributed by atoms with Crippen LogP contribution in [0.2, 0.25) is 10.0 Å². The maximum absolute atomic E-state index is 14.2. The molecule has 0 bridgehead atoms. The van der Waals surface area contributed by atoms with Crippen molar-refractivity contribution in [2.45, 2.75) is 76.5 Å². The average Bonchev–Trinajstić information content (AvgIpc) is 2.83. The van der Waals surface area contributed by atoms with Gasteiger partial charge in [0.1, 0.15) is 0 Å². The van der Waals surface area contributed by atoms with Gasteiger partial charge >= 0.3 is 0 Å². The summed E-state index contributed by atoms with van der Waals surface area (Å²) in [5.41, 5.74) is 1.39. The highest BCUT2D eigenvalue weighted by atomic mass is 35.5. The minimum atomic E-state index is -0.698. The highest BCUT2D eigenvalue weighted by Crippen LogP contribution is 2.52. The summed E-state index contributed by atoms with van der Waals surface area (Å²) in [6, 6.07) is 14.9. The monoisotopic (exact) mass is 517 g/mol. The summed E-state index contributed by atoms with van der Waals surface area (Å²) in [5.74, 6) is -0.0000893. The van der Waals surface area contributed by atoms with E-state index in [0.29, 0.717) is 48.6 Å². The summed E-state index contributed by atoms with van der Waals surface area (Å²) in [5, 5.41) is 21.8. The predicted molar refractivity (Wildman–Crippen MR) is 144 cm³/mol. The highest BCUT2D eigenvalue weighted by molar-refractivity contribution is 6.30. The zero-order valence-corrected chi connectivity index (χ0v) is 22.2.